The van der Waals surface area contributed by atoms with Crippen LogP contribution >= 0.6 is 11.8 Å². The van der Waals surface area contributed by atoms with Crippen LogP contribution in [0.4, 0.5) is 0 Å². The zero-order valence-corrected chi connectivity index (χ0v) is 10.8. The van der Waals surface area contributed by atoms with Gasteiger partial charge in [-0.15, -0.1) is 0 Å². The zero-order chi connectivity index (χ0) is 11.4. The molecule has 0 spiro atoms. The second-order valence-electron chi connectivity index (χ2n) is 4.76. The van der Waals surface area contributed by atoms with Gasteiger partial charge in [0.05, 0.1) is 0 Å². The summed E-state index contributed by atoms with van der Waals surface area (Å²) in [6.45, 7) is 2.13. The fraction of sp³-hybridized carbons (Fsp3) is 0.571. The van der Waals surface area contributed by atoms with Crippen LogP contribution in [-0.2, 0) is 0 Å². The van der Waals surface area contributed by atoms with Crippen LogP contribution in [0.15, 0.2) is 24.3 Å². The maximum atomic E-state index is 6.22. The Morgan fingerprint density at radius 1 is 1.38 bits per heavy atom. The molecule has 1 aromatic carbocycles. The predicted octanol–water partition coefficient (Wildman–Crippen LogP) is 3.67. The number of benzene rings is 1. The highest BCUT2D eigenvalue weighted by atomic mass is 32.2. The van der Waals surface area contributed by atoms with Crippen LogP contribution in [0.25, 0.3) is 0 Å². The highest BCUT2D eigenvalue weighted by Gasteiger charge is 2.16. The van der Waals surface area contributed by atoms with Gasteiger partial charge >= 0.3 is 0 Å². The fourth-order valence-electron chi connectivity index (χ4n) is 2.29. The molecule has 1 aliphatic carbocycles. The lowest BCUT2D eigenvalue weighted by atomic mass is 10.1. The van der Waals surface area contributed by atoms with Crippen LogP contribution in [0.5, 0.6) is 0 Å². The highest BCUT2D eigenvalue weighted by molar-refractivity contribution is 7.99. The average molecular weight is 235 g/mol. The Balaban J connectivity index is 1.85. The standard InChI is InChI=1S/C14H21NS/c1-11-5-4-6-12(9-11)14(15)10-16-13-7-2-3-8-13/h4-6,9,13-14H,2-3,7-8,10,15H2,1H3. The van der Waals surface area contributed by atoms with E-state index >= 15 is 0 Å². The number of nitrogens with two attached hydrogens (primary N) is 1. The fourth-order valence-corrected chi connectivity index (χ4v) is 3.63. The maximum absolute atomic E-state index is 6.22. The second kappa shape index (κ2) is 5.74. The van der Waals surface area contributed by atoms with Crippen LogP contribution < -0.4 is 5.73 Å². The van der Waals surface area contributed by atoms with Gasteiger partial charge < -0.3 is 5.73 Å². The number of rotatable bonds is 4. The van der Waals surface area contributed by atoms with Crippen molar-refractivity contribution in [2.24, 2.45) is 5.73 Å². The number of hydrogen-bond acceptors (Lipinski definition) is 2. The van der Waals surface area contributed by atoms with Crippen molar-refractivity contribution in [2.45, 2.75) is 43.9 Å². The quantitative estimate of drug-likeness (QED) is 0.861. The van der Waals surface area contributed by atoms with Gasteiger partial charge in [-0.1, -0.05) is 42.7 Å². The maximum Gasteiger partial charge on any atom is 0.0386 e. The lowest BCUT2D eigenvalue weighted by Crippen LogP contribution is -2.14. The first-order valence-electron chi connectivity index (χ1n) is 6.19. The van der Waals surface area contributed by atoms with Crippen molar-refractivity contribution in [3.05, 3.63) is 35.4 Å². The van der Waals surface area contributed by atoms with Gasteiger partial charge in [0.1, 0.15) is 0 Å². The van der Waals surface area contributed by atoms with E-state index < -0.39 is 0 Å². The Labute approximate surface area is 103 Å². The van der Waals surface area contributed by atoms with Gasteiger partial charge in [0, 0.05) is 17.0 Å². The molecule has 2 heteroatoms. The Morgan fingerprint density at radius 2 is 2.12 bits per heavy atom. The van der Waals surface area contributed by atoms with E-state index in [9.17, 15) is 0 Å². The minimum Gasteiger partial charge on any atom is -0.323 e. The summed E-state index contributed by atoms with van der Waals surface area (Å²) in [5.41, 5.74) is 8.81. The molecule has 1 saturated carbocycles. The lowest BCUT2D eigenvalue weighted by Gasteiger charge is -2.15. The van der Waals surface area contributed by atoms with E-state index in [2.05, 4.69) is 43.0 Å². The van der Waals surface area contributed by atoms with Crippen LogP contribution in [0.2, 0.25) is 0 Å². The molecule has 0 radical (unpaired) electrons. The molecule has 0 amide bonds. The monoisotopic (exact) mass is 235 g/mol. The third-order valence-electron chi connectivity index (χ3n) is 3.28. The molecule has 88 valence electrons. The smallest absolute Gasteiger partial charge is 0.0386 e. The van der Waals surface area contributed by atoms with E-state index in [4.69, 9.17) is 5.73 Å². The van der Waals surface area contributed by atoms with Crippen molar-refractivity contribution in [3.8, 4) is 0 Å². The van der Waals surface area contributed by atoms with E-state index in [1.807, 2.05) is 0 Å². The van der Waals surface area contributed by atoms with Gasteiger partial charge in [-0.3, -0.25) is 0 Å². The van der Waals surface area contributed by atoms with Crippen molar-refractivity contribution < 1.29 is 0 Å². The van der Waals surface area contributed by atoms with Crippen molar-refractivity contribution in [1.29, 1.82) is 0 Å². The van der Waals surface area contributed by atoms with Gasteiger partial charge in [0.2, 0.25) is 0 Å². The predicted molar refractivity (Wildman–Crippen MR) is 72.8 cm³/mol. The summed E-state index contributed by atoms with van der Waals surface area (Å²) in [7, 11) is 0. The molecule has 1 aromatic rings. The molecule has 1 atom stereocenters. The summed E-state index contributed by atoms with van der Waals surface area (Å²) >= 11 is 2.07. The number of thioether (sulfide) groups is 1. The molecule has 0 aliphatic heterocycles. The van der Waals surface area contributed by atoms with Gasteiger partial charge in [0.15, 0.2) is 0 Å². The first-order chi connectivity index (χ1) is 7.75. The lowest BCUT2D eigenvalue weighted by molar-refractivity contribution is 0.819. The SMILES string of the molecule is Cc1cccc(C(N)CSC2CCCC2)c1. The molecule has 1 fully saturated rings. The van der Waals surface area contributed by atoms with Crippen LogP contribution in [0.3, 0.4) is 0 Å². The summed E-state index contributed by atoms with van der Waals surface area (Å²) in [5.74, 6) is 1.06. The molecule has 0 aromatic heterocycles. The summed E-state index contributed by atoms with van der Waals surface area (Å²) in [6, 6.07) is 8.78. The molecule has 0 saturated heterocycles. The van der Waals surface area contributed by atoms with Crippen molar-refractivity contribution in [3.63, 3.8) is 0 Å². The Bertz CT molecular complexity index is 331. The third-order valence-corrected chi connectivity index (χ3v) is 4.78. The normalized spacial score (nSPS) is 18.9. The van der Waals surface area contributed by atoms with Gasteiger partial charge in [-0.2, -0.15) is 11.8 Å². The largest absolute Gasteiger partial charge is 0.323 e. The summed E-state index contributed by atoms with van der Waals surface area (Å²) < 4.78 is 0. The molecule has 2 rings (SSSR count). The van der Waals surface area contributed by atoms with Crippen molar-refractivity contribution in [2.75, 3.05) is 5.75 Å². The Kier molecular flexibility index (Phi) is 4.30. The summed E-state index contributed by atoms with van der Waals surface area (Å²) in [5, 5.41) is 0.871. The van der Waals surface area contributed by atoms with Gasteiger partial charge in [-0.25, -0.2) is 0 Å². The van der Waals surface area contributed by atoms with Crippen molar-refractivity contribution >= 4 is 11.8 Å². The zero-order valence-electron chi connectivity index (χ0n) is 9.99. The minimum absolute atomic E-state index is 0.200. The van der Waals surface area contributed by atoms with E-state index in [-0.39, 0.29) is 6.04 Å². The molecule has 0 heterocycles. The van der Waals surface area contributed by atoms with Crippen molar-refractivity contribution in [1.82, 2.24) is 0 Å². The summed E-state index contributed by atoms with van der Waals surface area (Å²) in [6.07, 6.45) is 5.62. The molecule has 1 unspecified atom stereocenters. The van der Waals surface area contributed by atoms with Crippen LogP contribution in [0.1, 0.15) is 42.9 Å². The molecule has 16 heavy (non-hydrogen) atoms. The molecule has 1 nitrogen and oxygen atoms in total. The molecular formula is C14H21NS. The number of hydrogen-bond donors (Lipinski definition) is 1. The summed E-state index contributed by atoms with van der Waals surface area (Å²) in [4.78, 5) is 0. The van der Waals surface area contributed by atoms with E-state index in [1.165, 1.54) is 36.8 Å². The first-order valence-corrected chi connectivity index (χ1v) is 7.24. The topological polar surface area (TPSA) is 26.0 Å². The minimum atomic E-state index is 0.200. The van der Waals surface area contributed by atoms with Crippen LogP contribution in [0, 0.1) is 6.92 Å². The van der Waals surface area contributed by atoms with Gasteiger partial charge in [-0.05, 0) is 25.3 Å². The third kappa shape index (κ3) is 3.26. The Hall–Kier alpha value is -0.470. The highest BCUT2D eigenvalue weighted by Crippen LogP contribution is 2.31. The van der Waals surface area contributed by atoms with E-state index in [0.29, 0.717) is 0 Å². The number of aryl methyl sites for hydroxylation is 1. The average Bonchev–Trinajstić information content (AvgIpc) is 2.78. The molecule has 0 bridgehead atoms. The molecule has 2 N–H and O–H groups in total. The molecule has 1 aliphatic rings. The Morgan fingerprint density at radius 3 is 2.81 bits per heavy atom. The molecular weight excluding hydrogens is 214 g/mol. The first kappa shape index (κ1) is 12.0. The van der Waals surface area contributed by atoms with Crippen LogP contribution in [-0.4, -0.2) is 11.0 Å². The second-order valence-corrected chi connectivity index (χ2v) is 6.09. The van der Waals surface area contributed by atoms with Gasteiger partial charge in [0.25, 0.3) is 0 Å². The van der Waals surface area contributed by atoms with E-state index in [1.54, 1.807) is 0 Å². The van der Waals surface area contributed by atoms with E-state index in [0.717, 1.165) is 11.0 Å².